The number of aliphatic hydroxyl groups excluding tert-OH is 1. The van der Waals surface area contributed by atoms with Crippen molar-refractivity contribution in [3.63, 3.8) is 0 Å². The number of amides is 1. The van der Waals surface area contributed by atoms with E-state index in [0.29, 0.717) is 6.54 Å². The van der Waals surface area contributed by atoms with Crippen molar-refractivity contribution in [1.29, 1.82) is 0 Å². The Labute approximate surface area is 95.8 Å². The summed E-state index contributed by atoms with van der Waals surface area (Å²) in [5.41, 5.74) is 3.07. The van der Waals surface area contributed by atoms with Gasteiger partial charge in [0, 0.05) is 13.5 Å². The SMILES string of the molecule is CC(=O)NCC=Cc1cccc(CO)c1C. The van der Waals surface area contributed by atoms with Crippen LogP contribution in [-0.2, 0) is 11.4 Å². The summed E-state index contributed by atoms with van der Waals surface area (Å²) in [4.78, 5) is 10.6. The first kappa shape index (κ1) is 12.5. The molecule has 0 aliphatic heterocycles. The van der Waals surface area contributed by atoms with Gasteiger partial charge in [-0.25, -0.2) is 0 Å². The molecule has 3 nitrogen and oxygen atoms in total. The van der Waals surface area contributed by atoms with Crippen LogP contribution in [0.4, 0.5) is 0 Å². The normalized spacial score (nSPS) is 10.7. The molecule has 0 heterocycles. The van der Waals surface area contributed by atoms with Gasteiger partial charge in [-0.1, -0.05) is 30.4 Å². The zero-order valence-electron chi connectivity index (χ0n) is 9.66. The maximum atomic E-state index is 10.6. The van der Waals surface area contributed by atoms with Crippen molar-refractivity contribution in [2.75, 3.05) is 6.54 Å². The van der Waals surface area contributed by atoms with Gasteiger partial charge in [0.15, 0.2) is 0 Å². The van der Waals surface area contributed by atoms with Crippen LogP contribution in [0.1, 0.15) is 23.6 Å². The van der Waals surface area contributed by atoms with Gasteiger partial charge in [0.1, 0.15) is 0 Å². The second kappa shape index (κ2) is 6.08. The first-order valence-electron chi connectivity index (χ1n) is 5.25. The van der Waals surface area contributed by atoms with Crippen LogP contribution in [0.5, 0.6) is 0 Å². The van der Waals surface area contributed by atoms with Gasteiger partial charge in [0.25, 0.3) is 0 Å². The summed E-state index contributed by atoms with van der Waals surface area (Å²) in [7, 11) is 0. The molecule has 0 aromatic heterocycles. The zero-order chi connectivity index (χ0) is 12.0. The molecular formula is C13H17NO2. The summed E-state index contributed by atoms with van der Waals surface area (Å²) in [5.74, 6) is -0.0366. The van der Waals surface area contributed by atoms with E-state index in [1.807, 2.05) is 37.3 Å². The minimum atomic E-state index is -0.0366. The summed E-state index contributed by atoms with van der Waals surface area (Å²) >= 11 is 0. The van der Waals surface area contributed by atoms with Crippen LogP contribution in [0.15, 0.2) is 24.3 Å². The molecule has 0 aliphatic carbocycles. The Morgan fingerprint density at radius 2 is 2.25 bits per heavy atom. The lowest BCUT2D eigenvalue weighted by molar-refractivity contribution is -0.118. The lowest BCUT2D eigenvalue weighted by Crippen LogP contribution is -2.19. The number of hydrogen-bond acceptors (Lipinski definition) is 2. The predicted octanol–water partition coefficient (Wildman–Crippen LogP) is 1.64. The molecule has 0 fully saturated rings. The number of nitrogens with one attached hydrogen (secondary N) is 1. The summed E-state index contributed by atoms with van der Waals surface area (Å²) in [5, 5.41) is 11.8. The minimum Gasteiger partial charge on any atom is -0.392 e. The van der Waals surface area contributed by atoms with Crippen LogP contribution in [0.3, 0.4) is 0 Å². The maximum Gasteiger partial charge on any atom is 0.217 e. The van der Waals surface area contributed by atoms with E-state index in [4.69, 9.17) is 5.11 Å². The maximum absolute atomic E-state index is 10.6. The van der Waals surface area contributed by atoms with Crippen molar-refractivity contribution in [1.82, 2.24) is 5.32 Å². The molecule has 0 saturated carbocycles. The second-order valence-electron chi connectivity index (χ2n) is 3.63. The molecular weight excluding hydrogens is 202 g/mol. The monoisotopic (exact) mass is 219 g/mol. The highest BCUT2D eigenvalue weighted by Gasteiger charge is 1.99. The van der Waals surface area contributed by atoms with Gasteiger partial charge < -0.3 is 10.4 Å². The molecule has 0 bridgehead atoms. The van der Waals surface area contributed by atoms with Gasteiger partial charge in [-0.3, -0.25) is 4.79 Å². The van der Waals surface area contributed by atoms with Gasteiger partial charge in [0.05, 0.1) is 6.61 Å². The predicted molar refractivity (Wildman–Crippen MR) is 64.8 cm³/mol. The lowest BCUT2D eigenvalue weighted by atomic mass is 10.0. The van der Waals surface area contributed by atoms with Crippen molar-refractivity contribution in [3.8, 4) is 0 Å². The molecule has 1 aromatic rings. The van der Waals surface area contributed by atoms with Gasteiger partial charge in [-0.15, -0.1) is 0 Å². The van der Waals surface area contributed by atoms with Crippen LogP contribution < -0.4 is 5.32 Å². The third-order valence-electron chi connectivity index (χ3n) is 2.42. The van der Waals surface area contributed by atoms with E-state index in [1.165, 1.54) is 6.92 Å². The molecule has 1 aromatic carbocycles. The number of aliphatic hydroxyl groups is 1. The summed E-state index contributed by atoms with van der Waals surface area (Å²) < 4.78 is 0. The zero-order valence-corrected chi connectivity index (χ0v) is 9.66. The number of rotatable bonds is 4. The third kappa shape index (κ3) is 3.51. The summed E-state index contributed by atoms with van der Waals surface area (Å²) in [6, 6.07) is 5.80. The van der Waals surface area contributed by atoms with Crippen LogP contribution in [0.25, 0.3) is 6.08 Å². The van der Waals surface area contributed by atoms with E-state index >= 15 is 0 Å². The molecule has 0 unspecified atom stereocenters. The van der Waals surface area contributed by atoms with Gasteiger partial charge in [0.2, 0.25) is 5.91 Å². The topological polar surface area (TPSA) is 49.3 Å². The largest absolute Gasteiger partial charge is 0.392 e. The van der Waals surface area contributed by atoms with Crippen LogP contribution in [0.2, 0.25) is 0 Å². The molecule has 0 atom stereocenters. The van der Waals surface area contributed by atoms with Gasteiger partial charge >= 0.3 is 0 Å². The highest BCUT2D eigenvalue weighted by molar-refractivity contribution is 5.73. The molecule has 0 saturated heterocycles. The quantitative estimate of drug-likeness (QED) is 0.808. The molecule has 0 spiro atoms. The molecule has 2 N–H and O–H groups in total. The van der Waals surface area contributed by atoms with Gasteiger partial charge in [-0.2, -0.15) is 0 Å². The average Bonchev–Trinajstić information content (AvgIpc) is 2.26. The number of carbonyl (C=O) groups is 1. The number of benzene rings is 1. The molecule has 1 rings (SSSR count). The Morgan fingerprint density at radius 3 is 2.88 bits per heavy atom. The van der Waals surface area contributed by atoms with E-state index in [2.05, 4.69) is 5.32 Å². The Hall–Kier alpha value is -1.61. The lowest BCUT2D eigenvalue weighted by Gasteiger charge is -2.05. The van der Waals surface area contributed by atoms with Crippen LogP contribution in [-0.4, -0.2) is 17.6 Å². The summed E-state index contributed by atoms with van der Waals surface area (Å²) in [6.07, 6.45) is 3.84. The molecule has 86 valence electrons. The number of hydrogen-bond donors (Lipinski definition) is 2. The molecule has 0 radical (unpaired) electrons. The smallest absolute Gasteiger partial charge is 0.217 e. The Morgan fingerprint density at radius 1 is 1.50 bits per heavy atom. The fraction of sp³-hybridized carbons (Fsp3) is 0.308. The van der Waals surface area contributed by atoms with Crippen molar-refractivity contribution in [2.24, 2.45) is 0 Å². The Kier molecular flexibility index (Phi) is 4.73. The Bertz CT molecular complexity index is 397. The van der Waals surface area contributed by atoms with Crippen molar-refractivity contribution in [2.45, 2.75) is 20.5 Å². The molecule has 0 aliphatic rings. The van der Waals surface area contributed by atoms with E-state index in [9.17, 15) is 4.79 Å². The molecule has 16 heavy (non-hydrogen) atoms. The van der Waals surface area contributed by atoms with Crippen LogP contribution >= 0.6 is 0 Å². The van der Waals surface area contributed by atoms with Crippen molar-refractivity contribution >= 4 is 12.0 Å². The molecule has 1 amide bonds. The van der Waals surface area contributed by atoms with E-state index in [1.54, 1.807) is 0 Å². The Balaban J connectivity index is 2.70. The summed E-state index contributed by atoms with van der Waals surface area (Å²) in [6.45, 7) is 4.05. The van der Waals surface area contributed by atoms with Crippen molar-refractivity contribution < 1.29 is 9.90 Å². The standard InChI is InChI=1S/C13H17NO2/c1-10-12(5-3-6-13(10)9-15)7-4-8-14-11(2)16/h3-7,15H,8-9H2,1-2H3,(H,14,16). The average molecular weight is 219 g/mol. The minimum absolute atomic E-state index is 0.0366. The fourth-order valence-corrected chi connectivity index (χ4v) is 1.44. The van der Waals surface area contributed by atoms with Crippen molar-refractivity contribution in [3.05, 3.63) is 41.0 Å². The highest BCUT2D eigenvalue weighted by Crippen LogP contribution is 2.14. The van der Waals surface area contributed by atoms with E-state index in [-0.39, 0.29) is 12.5 Å². The molecule has 3 heteroatoms. The third-order valence-corrected chi connectivity index (χ3v) is 2.42. The van der Waals surface area contributed by atoms with E-state index in [0.717, 1.165) is 16.7 Å². The van der Waals surface area contributed by atoms with Gasteiger partial charge in [-0.05, 0) is 23.6 Å². The fourth-order valence-electron chi connectivity index (χ4n) is 1.44. The highest BCUT2D eigenvalue weighted by atomic mass is 16.3. The first-order chi connectivity index (χ1) is 7.65. The number of carbonyl (C=O) groups excluding carboxylic acids is 1. The van der Waals surface area contributed by atoms with E-state index < -0.39 is 0 Å². The second-order valence-corrected chi connectivity index (χ2v) is 3.63. The first-order valence-corrected chi connectivity index (χ1v) is 5.25. The van der Waals surface area contributed by atoms with Crippen LogP contribution in [0, 0.1) is 6.92 Å².